The molecule has 0 spiro atoms. The molecule has 1 amide bonds. The first kappa shape index (κ1) is 27.6. The highest BCUT2D eigenvalue weighted by atomic mass is 32.2. The second-order valence-electron chi connectivity index (χ2n) is 9.01. The van der Waals surface area contributed by atoms with Crippen molar-refractivity contribution in [3.63, 3.8) is 0 Å². The van der Waals surface area contributed by atoms with E-state index in [9.17, 15) is 10.1 Å². The average molecular weight is 572 g/mol. The number of nitrogens with zero attached hydrogens (tertiary/aromatic N) is 4. The number of aliphatic imine (C=N–C) groups is 1. The van der Waals surface area contributed by atoms with Gasteiger partial charge in [0.25, 0.3) is 5.91 Å². The number of amides is 1. The molecule has 1 fully saturated rings. The van der Waals surface area contributed by atoms with Crippen LogP contribution in [0.3, 0.4) is 0 Å². The van der Waals surface area contributed by atoms with E-state index in [2.05, 4.69) is 11.4 Å². The van der Waals surface area contributed by atoms with Gasteiger partial charge in [-0.3, -0.25) is 9.69 Å². The number of ether oxygens (including phenoxy) is 2. The zero-order valence-corrected chi connectivity index (χ0v) is 24.1. The highest BCUT2D eigenvalue weighted by Crippen LogP contribution is 2.51. The second kappa shape index (κ2) is 12.5. The number of carbonyl (C=O) groups is 1. The lowest BCUT2D eigenvalue weighted by Crippen LogP contribution is -2.29. The Morgan fingerprint density at radius 3 is 2.62 bits per heavy atom. The van der Waals surface area contributed by atoms with E-state index in [1.54, 1.807) is 35.9 Å². The van der Waals surface area contributed by atoms with E-state index < -0.39 is 0 Å². The first-order valence-electron chi connectivity index (χ1n) is 12.8. The molecular weight excluding hydrogens is 542 g/mol. The standard InChI is InChI=1S/C30H29N5O3S2/c1-4-32-23-12-10-21(18-31)16-24(23)33-30-35(19-20-8-6-5-7-9-20)28(36)27(40-30)29-34(2)25-17-22(38-15-14-37-3)11-13-26(25)39-29/h5-13,16-17,32H,4,14-15,19H2,1-3H3/b29-27-,33-30?. The Bertz CT molecular complexity index is 1520. The minimum Gasteiger partial charge on any atom is -0.491 e. The summed E-state index contributed by atoms with van der Waals surface area (Å²) in [6, 6.07) is 23.4. The van der Waals surface area contributed by atoms with Crippen LogP contribution in [0.1, 0.15) is 18.1 Å². The third-order valence-corrected chi connectivity index (χ3v) is 8.74. The van der Waals surface area contributed by atoms with Gasteiger partial charge in [-0.1, -0.05) is 42.1 Å². The predicted octanol–water partition coefficient (Wildman–Crippen LogP) is 6.19. The van der Waals surface area contributed by atoms with Crippen molar-refractivity contribution in [3.8, 4) is 11.8 Å². The lowest BCUT2D eigenvalue weighted by molar-refractivity contribution is -0.122. The van der Waals surface area contributed by atoms with E-state index in [0.717, 1.165) is 32.6 Å². The van der Waals surface area contributed by atoms with Crippen molar-refractivity contribution in [2.75, 3.05) is 44.1 Å². The molecule has 0 radical (unpaired) electrons. The van der Waals surface area contributed by atoms with E-state index in [-0.39, 0.29) is 5.91 Å². The molecule has 0 atom stereocenters. The molecule has 2 heterocycles. The van der Waals surface area contributed by atoms with Crippen molar-refractivity contribution >= 4 is 51.7 Å². The van der Waals surface area contributed by atoms with Crippen LogP contribution in [-0.4, -0.2) is 49.9 Å². The number of carbonyl (C=O) groups excluding carboxylic acids is 1. The van der Waals surface area contributed by atoms with Crippen LogP contribution in [0.2, 0.25) is 0 Å². The van der Waals surface area contributed by atoms with Gasteiger partial charge in [-0.15, -0.1) is 0 Å². The fraction of sp³-hybridized carbons (Fsp3) is 0.233. The van der Waals surface area contributed by atoms with Gasteiger partial charge in [0.2, 0.25) is 0 Å². The highest BCUT2D eigenvalue weighted by Gasteiger charge is 2.39. The number of nitriles is 1. The summed E-state index contributed by atoms with van der Waals surface area (Å²) in [6.07, 6.45) is 0. The molecule has 0 unspecified atom stereocenters. The number of thioether (sulfide) groups is 2. The van der Waals surface area contributed by atoms with Crippen LogP contribution < -0.4 is 15.0 Å². The number of rotatable bonds is 9. The molecule has 3 aromatic rings. The Morgan fingerprint density at radius 2 is 1.88 bits per heavy atom. The molecule has 0 saturated carbocycles. The first-order chi connectivity index (χ1) is 19.5. The molecule has 0 bridgehead atoms. The predicted molar refractivity (Wildman–Crippen MR) is 162 cm³/mol. The zero-order valence-electron chi connectivity index (χ0n) is 22.5. The molecule has 0 aliphatic carbocycles. The maximum atomic E-state index is 14.0. The van der Waals surface area contributed by atoms with Crippen molar-refractivity contribution in [1.82, 2.24) is 4.90 Å². The molecule has 5 rings (SSSR count). The van der Waals surface area contributed by atoms with Gasteiger partial charge >= 0.3 is 0 Å². The van der Waals surface area contributed by atoms with E-state index in [0.29, 0.717) is 47.6 Å². The summed E-state index contributed by atoms with van der Waals surface area (Å²) in [6.45, 7) is 4.07. The number of methoxy groups -OCH3 is 1. The van der Waals surface area contributed by atoms with Crippen molar-refractivity contribution < 1.29 is 14.3 Å². The Hall–Kier alpha value is -3.91. The van der Waals surface area contributed by atoms with Crippen LogP contribution in [0, 0.1) is 11.3 Å². The van der Waals surface area contributed by atoms with E-state index in [1.807, 2.05) is 73.5 Å². The summed E-state index contributed by atoms with van der Waals surface area (Å²) < 4.78 is 10.9. The average Bonchev–Trinajstić information content (AvgIpc) is 3.45. The quantitative estimate of drug-likeness (QED) is 0.240. The lowest BCUT2D eigenvalue weighted by atomic mass is 10.2. The molecule has 0 aromatic heterocycles. The van der Waals surface area contributed by atoms with Crippen molar-refractivity contribution in [1.29, 1.82) is 5.26 Å². The van der Waals surface area contributed by atoms with Gasteiger partial charge in [-0.05, 0) is 54.6 Å². The Balaban J connectivity index is 1.53. The maximum Gasteiger partial charge on any atom is 0.269 e. The van der Waals surface area contributed by atoms with Gasteiger partial charge in [-0.25, -0.2) is 4.99 Å². The molecule has 3 aromatic carbocycles. The summed E-state index contributed by atoms with van der Waals surface area (Å²) in [7, 11) is 3.61. The Labute approximate surface area is 242 Å². The smallest absolute Gasteiger partial charge is 0.269 e. The fourth-order valence-corrected chi connectivity index (χ4v) is 6.63. The highest BCUT2D eigenvalue weighted by molar-refractivity contribution is 8.19. The maximum absolute atomic E-state index is 14.0. The van der Waals surface area contributed by atoms with Gasteiger partial charge in [-0.2, -0.15) is 5.26 Å². The molecule has 1 N–H and O–H groups in total. The molecule has 1 saturated heterocycles. The first-order valence-corrected chi connectivity index (χ1v) is 14.5. The third kappa shape index (κ3) is 5.82. The summed E-state index contributed by atoms with van der Waals surface area (Å²) in [5.41, 5.74) is 3.92. The molecule has 40 heavy (non-hydrogen) atoms. The summed E-state index contributed by atoms with van der Waals surface area (Å²) in [5, 5.41) is 14.2. The number of anilines is 2. The lowest BCUT2D eigenvalue weighted by Gasteiger charge is -2.17. The second-order valence-corrected chi connectivity index (χ2v) is 11.0. The van der Waals surface area contributed by atoms with Crippen LogP contribution in [0.5, 0.6) is 5.75 Å². The fourth-order valence-electron chi connectivity index (χ4n) is 4.32. The summed E-state index contributed by atoms with van der Waals surface area (Å²) >= 11 is 2.92. The molecule has 10 heteroatoms. The van der Waals surface area contributed by atoms with E-state index in [4.69, 9.17) is 14.5 Å². The topological polar surface area (TPSA) is 90.2 Å². The largest absolute Gasteiger partial charge is 0.491 e. The van der Waals surface area contributed by atoms with Crippen LogP contribution in [0.25, 0.3) is 0 Å². The summed E-state index contributed by atoms with van der Waals surface area (Å²) in [4.78, 5) is 24.3. The van der Waals surface area contributed by atoms with Gasteiger partial charge in [0.15, 0.2) is 5.17 Å². The molecular formula is C30H29N5O3S2. The SMILES string of the molecule is CCNc1ccc(C#N)cc1N=C1S/C(=C2\Sc3ccc(OCCOC)cc3N2C)C(=O)N1Cc1ccccc1. The Morgan fingerprint density at radius 1 is 1.05 bits per heavy atom. The normalized spacial score (nSPS) is 17.4. The Kier molecular flexibility index (Phi) is 8.65. The van der Waals surface area contributed by atoms with Crippen molar-refractivity contribution in [2.24, 2.45) is 4.99 Å². The zero-order chi connectivity index (χ0) is 28.1. The number of fused-ring (bicyclic) bond motifs is 1. The van der Waals surface area contributed by atoms with Gasteiger partial charge in [0.05, 0.1) is 46.9 Å². The molecule has 204 valence electrons. The molecule has 2 aliphatic rings. The number of nitrogens with one attached hydrogen (secondary N) is 1. The van der Waals surface area contributed by atoms with Crippen LogP contribution >= 0.6 is 23.5 Å². The third-order valence-electron chi connectivity index (χ3n) is 6.31. The van der Waals surface area contributed by atoms with Gasteiger partial charge in [0.1, 0.15) is 17.3 Å². The van der Waals surface area contributed by atoms with E-state index >= 15 is 0 Å². The van der Waals surface area contributed by atoms with Gasteiger partial charge < -0.3 is 19.7 Å². The van der Waals surface area contributed by atoms with Crippen LogP contribution in [-0.2, 0) is 16.1 Å². The van der Waals surface area contributed by atoms with Crippen molar-refractivity contribution in [3.05, 3.63) is 87.8 Å². The number of hydrogen-bond donors (Lipinski definition) is 1. The number of amidine groups is 1. The van der Waals surface area contributed by atoms with Crippen molar-refractivity contribution in [2.45, 2.75) is 18.4 Å². The molecule has 2 aliphatic heterocycles. The molecule has 8 nitrogen and oxygen atoms in total. The number of benzene rings is 3. The van der Waals surface area contributed by atoms with Crippen LogP contribution in [0.4, 0.5) is 17.1 Å². The minimum atomic E-state index is -0.104. The van der Waals surface area contributed by atoms with E-state index in [1.165, 1.54) is 11.8 Å². The minimum absolute atomic E-state index is 0.104. The summed E-state index contributed by atoms with van der Waals surface area (Å²) in [5.74, 6) is 0.647. The van der Waals surface area contributed by atoms with Crippen LogP contribution in [0.15, 0.2) is 86.6 Å². The van der Waals surface area contributed by atoms with Gasteiger partial charge in [0, 0.05) is 31.7 Å². The monoisotopic (exact) mass is 571 g/mol. The number of hydrogen-bond acceptors (Lipinski definition) is 9.